The Morgan fingerprint density at radius 1 is 1.33 bits per heavy atom. The van der Waals surface area contributed by atoms with Crippen molar-refractivity contribution in [1.82, 2.24) is 14.9 Å². The Morgan fingerprint density at radius 2 is 2.29 bits per heavy atom. The van der Waals surface area contributed by atoms with Crippen molar-refractivity contribution in [1.29, 1.82) is 0 Å². The number of aryl methyl sites for hydroxylation is 1. The van der Waals surface area contributed by atoms with E-state index in [4.69, 9.17) is 14.2 Å². The lowest BCUT2D eigenvalue weighted by Crippen LogP contribution is -2.33. The summed E-state index contributed by atoms with van der Waals surface area (Å²) in [7, 11) is 2.02. The maximum atomic E-state index is 6.02. The van der Waals surface area contributed by atoms with Gasteiger partial charge < -0.3 is 24.1 Å². The van der Waals surface area contributed by atoms with Gasteiger partial charge in [-0.25, -0.2) is 4.98 Å². The first-order chi connectivity index (χ1) is 11.8. The molecule has 0 aliphatic carbocycles. The van der Waals surface area contributed by atoms with Gasteiger partial charge in [0.2, 0.25) is 6.79 Å². The molecular weight excluding hydrogens is 306 g/mol. The van der Waals surface area contributed by atoms with Crippen molar-refractivity contribution < 1.29 is 14.2 Å². The average molecular weight is 329 g/mol. The molecule has 2 aliphatic heterocycles. The van der Waals surface area contributed by atoms with E-state index in [0.717, 1.165) is 55.4 Å². The Balaban J connectivity index is 1.40. The summed E-state index contributed by atoms with van der Waals surface area (Å²) in [6.07, 6.45) is 6.12. The molecule has 1 N–H and O–H groups in total. The summed E-state index contributed by atoms with van der Waals surface area (Å²) in [5, 5.41) is 3.56. The van der Waals surface area contributed by atoms with Crippen molar-refractivity contribution in [3.8, 4) is 11.5 Å². The minimum Gasteiger partial charge on any atom is -0.454 e. The maximum absolute atomic E-state index is 6.02. The fraction of sp³-hybridized carbons (Fsp3) is 0.500. The molecule has 0 spiro atoms. The Hall–Kier alpha value is -2.05. The number of hydrogen-bond acceptors (Lipinski definition) is 5. The monoisotopic (exact) mass is 329 g/mol. The summed E-state index contributed by atoms with van der Waals surface area (Å²) in [4.78, 5) is 4.48. The zero-order chi connectivity index (χ0) is 16.4. The van der Waals surface area contributed by atoms with E-state index in [9.17, 15) is 0 Å². The Morgan fingerprint density at radius 3 is 3.17 bits per heavy atom. The van der Waals surface area contributed by atoms with Crippen molar-refractivity contribution in [2.75, 3.05) is 19.9 Å². The van der Waals surface area contributed by atoms with Crippen LogP contribution in [0.3, 0.4) is 0 Å². The number of ether oxygens (including phenoxy) is 3. The van der Waals surface area contributed by atoms with Crippen molar-refractivity contribution in [2.24, 2.45) is 13.0 Å². The molecule has 0 saturated carbocycles. The van der Waals surface area contributed by atoms with Gasteiger partial charge in [0, 0.05) is 50.6 Å². The van der Waals surface area contributed by atoms with Crippen molar-refractivity contribution in [3.05, 3.63) is 42.0 Å². The van der Waals surface area contributed by atoms with Gasteiger partial charge in [0.15, 0.2) is 11.5 Å². The van der Waals surface area contributed by atoms with E-state index in [1.54, 1.807) is 0 Å². The molecular formula is C18H23N3O3. The molecule has 4 rings (SSSR count). The average Bonchev–Trinajstić information content (AvgIpc) is 3.24. The molecule has 1 aromatic heterocycles. The predicted octanol–water partition coefficient (Wildman–Crippen LogP) is 2.41. The third-order valence-corrected chi connectivity index (χ3v) is 4.76. The number of nitrogens with zero attached hydrogens (tertiary/aromatic N) is 2. The van der Waals surface area contributed by atoms with Crippen LogP contribution >= 0.6 is 0 Å². The van der Waals surface area contributed by atoms with Gasteiger partial charge in [-0.05, 0) is 18.9 Å². The molecule has 6 heteroatoms. The highest BCUT2D eigenvalue weighted by atomic mass is 16.7. The Bertz CT molecular complexity index is 701. The molecule has 2 atom stereocenters. The fourth-order valence-corrected chi connectivity index (χ4v) is 3.51. The smallest absolute Gasteiger partial charge is 0.231 e. The molecule has 6 nitrogen and oxygen atoms in total. The third-order valence-electron chi connectivity index (χ3n) is 4.76. The summed E-state index contributed by atoms with van der Waals surface area (Å²) in [6, 6.07) is 6.02. The third kappa shape index (κ3) is 2.99. The van der Waals surface area contributed by atoms with Gasteiger partial charge in [-0.3, -0.25) is 0 Å². The van der Waals surface area contributed by atoms with E-state index in [0.29, 0.717) is 12.7 Å². The molecule has 0 bridgehead atoms. The normalized spacial score (nSPS) is 22.7. The minimum atomic E-state index is 0.0623. The van der Waals surface area contributed by atoms with Gasteiger partial charge in [0.1, 0.15) is 11.9 Å². The highest BCUT2D eigenvalue weighted by Gasteiger charge is 2.30. The van der Waals surface area contributed by atoms with Crippen LogP contribution in [0.5, 0.6) is 11.5 Å². The molecule has 0 radical (unpaired) electrons. The quantitative estimate of drug-likeness (QED) is 0.913. The van der Waals surface area contributed by atoms with Crippen LogP contribution in [0.1, 0.15) is 30.3 Å². The van der Waals surface area contributed by atoms with Crippen LogP contribution < -0.4 is 14.8 Å². The summed E-state index contributed by atoms with van der Waals surface area (Å²) in [5.74, 6) is 3.14. The Kier molecular flexibility index (Phi) is 4.40. The molecule has 3 heterocycles. The summed E-state index contributed by atoms with van der Waals surface area (Å²) < 4.78 is 19.1. The first kappa shape index (κ1) is 15.5. The summed E-state index contributed by atoms with van der Waals surface area (Å²) in [6.45, 7) is 2.77. The molecule has 1 fully saturated rings. The first-order valence-corrected chi connectivity index (χ1v) is 8.50. The van der Waals surface area contributed by atoms with Gasteiger partial charge in [-0.1, -0.05) is 12.1 Å². The molecule has 1 aromatic carbocycles. The molecule has 2 aromatic rings. The molecule has 0 amide bonds. The topological polar surface area (TPSA) is 57.5 Å². The maximum Gasteiger partial charge on any atom is 0.231 e. The number of para-hydroxylation sites is 1. The number of fused-ring (bicyclic) bond motifs is 1. The first-order valence-electron chi connectivity index (χ1n) is 8.50. The standard InChI is InChI=1S/C18H23N3O3/c1-21-8-7-20-18(21)17-14(5-3-9-22-17)11-19-10-13-4-2-6-15-16(13)24-12-23-15/h2,4,6-8,14,17,19H,3,5,9-12H2,1H3/t14-,17+/m0/s1. The lowest BCUT2D eigenvalue weighted by molar-refractivity contribution is -0.0344. The van der Waals surface area contributed by atoms with Gasteiger partial charge >= 0.3 is 0 Å². The number of rotatable bonds is 5. The summed E-state index contributed by atoms with van der Waals surface area (Å²) in [5.41, 5.74) is 1.13. The molecule has 0 unspecified atom stereocenters. The predicted molar refractivity (Wildman–Crippen MR) is 88.9 cm³/mol. The number of aromatic nitrogens is 2. The van der Waals surface area contributed by atoms with E-state index in [2.05, 4.69) is 20.9 Å². The zero-order valence-electron chi connectivity index (χ0n) is 13.9. The molecule has 128 valence electrons. The van der Waals surface area contributed by atoms with Gasteiger partial charge in [0.05, 0.1) is 0 Å². The van der Waals surface area contributed by atoms with Crippen LogP contribution in [0, 0.1) is 5.92 Å². The largest absolute Gasteiger partial charge is 0.454 e. The van der Waals surface area contributed by atoms with E-state index in [-0.39, 0.29) is 6.10 Å². The van der Waals surface area contributed by atoms with Crippen LogP contribution in [0.2, 0.25) is 0 Å². The minimum absolute atomic E-state index is 0.0623. The van der Waals surface area contributed by atoms with Gasteiger partial charge in [0.25, 0.3) is 0 Å². The van der Waals surface area contributed by atoms with Crippen molar-refractivity contribution in [2.45, 2.75) is 25.5 Å². The van der Waals surface area contributed by atoms with Crippen LogP contribution in [-0.4, -0.2) is 29.5 Å². The van der Waals surface area contributed by atoms with E-state index in [1.165, 1.54) is 0 Å². The zero-order valence-corrected chi connectivity index (χ0v) is 13.9. The van der Waals surface area contributed by atoms with E-state index >= 15 is 0 Å². The lowest BCUT2D eigenvalue weighted by atomic mass is 9.93. The van der Waals surface area contributed by atoms with E-state index < -0.39 is 0 Å². The van der Waals surface area contributed by atoms with E-state index in [1.807, 2.05) is 31.6 Å². The summed E-state index contributed by atoms with van der Waals surface area (Å²) >= 11 is 0. The highest BCUT2D eigenvalue weighted by molar-refractivity contribution is 5.48. The second-order valence-electron chi connectivity index (χ2n) is 6.37. The molecule has 1 saturated heterocycles. The second kappa shape index (κ2) is 6.83. The SMILES string of the molecule is Cn1ccnc1[C@@H]1OCCC[C@H]1CNCc1cccc2c1OCO2. The van der Waals surface area contributed by atoms with Gasteiger partial charge in [-0.2, -0.15) is 0 Å². The lowest BCUT2D eigenvalue weighted by Gasteiger charge is -2.31. The number of benzene rings is 1. The van der Waals surface area contributed by atoms with Gasteiger partial charge in [-0.15, -0.1) is 0 Å². The fourth-order valence-electron chi connectivity index (χ4n) is 3.51. The van der Waals surface area contributed by atoms with Crippen LogP contribution in [-0.2, 0) is 18.3 Å². The molecule has 2 aliphatic rings. The van der Waals surface area contributed by atoms with Crippen molar-refractivity contribution in [3.63, 3.8) is 0 Å². The number of nitrogens with one attached hydrogen (secondary N) is 1. The second-order valence-corrected chi connectivity index (χ2v) is 6.37. The number of imidazole rings is 1. The van der Waals surface area contributed by atoms with Crippen molar-refractivity contribution >= 4 is 0 Å². The molecule has 24 heavy (non-hydrogen) atoms. The Labute approximate surface area is 141 Å². The van der Waals surface area contributed by atoms with Crippen LogP contribution in [0.25, 0.3) is 0 Å². The number of hydrogen-bond donors (Lipinski definition) is 1. The van der Waals surface area contributed by atoms with Crippen LogP contribution in [0.15, 0.2) is 30.6 Å². The van der Waals surface area contributed by atoms with Crippen LogP contribution in [0.4, 0.5) is 0 Å². The highest BCUT2D eigenvalue weighted by Crippen LogP contribution is 2.36.